The van der Waals surface area contributed by atoms with E-state index in [0.717, 1.165) is 39.2 Å². The number of rotatable bonds is 4. The number of aryl methyl sites for hydroxylation is 1. The molecule has 0 bridgehead atoms. The minimum absolute atomic E-state index is 0.929. The molecule has 0 N–H and O–H groups in total. The summed E-state index contributed by atoms with van der Waals surface area (Å²) in [7, 11) is 0. The summed E-state index contributed by atoms with van der Waals surface area (Å²) in [4.78, 5) is 13.5. The van der Waals surface area contributed by atoms with Crippen LogP contribution in [0.25, 0.3) is 34.7 Å². The Morgan fingerprint density at radius 2 is 1.56 bits per heavy atom. The summed E-state index contributed by atoms with van der Waals surface area (Å²) < 4.78 is 0. The van der Waals surface area contributed by atoms with Crippen LogP contribution in [-0.2, 0) is 0 Å². The highest BCUT2D eigenvalue weighted by Gasteiger charge is 2.09. The third kappa shape index (κ3) is 3.82. The number of nitrogens with zero attached hydrogens (tertiary/aromatic N) is 3. The predicted octanol–water partition coefficient (Wildman–Crippen LogP) is 5.68. The summed E-state index contributed by atoms with van der Waals surface area (Å²) in [6.07, 6.45) is 11.5. The van der Waals surface area contributed by atoms with E-state index in [2.05, 4.69) is 58.3 Å². The monoisotopic (exact) mass is 349 g/mol. The van der Waals surface area contributed by atoms with Crippen LogP contribution in [0.4, 0.5) is 0 Å². The normalized spacial score (nSPS) is 11.0. The van der Waals surface area contributed by atoms with Crippen LogP contribution in [0.3, 0.4) is 0 Å². The van der Waals surface area contributed by atoms with E-state index in [0.29, 0.717) is 0 Å². The molecule has 0 saturated heterocycles. The lowest BCUT2D eigenvalue weighted by Crippen LogP contribution is -1.93. The summed E-state index contributed by atoms with van der Waals surface area (Å²) >= 11 is 0. The van der Waals surface area contributed by atoms with Gasteiger partial charge >= 0.3 is 0 Å². The Morgan fingerprint density at radius 1 is 0.704 bits per heavy atom. The van der Waals surface area contributed by atoms with Crippen molar-refractivity contribution < 1.29 is 0 Å². The average molecular weight is 349 g/mol. The van der Waals surface area contributed by atoms with Gasteiger partial charge in [0.25, 0.3) is 0 Å². The minimum Gasteiger partial charge on any atom is -0.264 e. The molecule has 3 aromatic heterocycles. The first-order valence-electron chi connectivity index (χ1n) is 8.87. The number of hydrogen-bond donors (Lipinski definition) is 0. The summed E-state index contributed by atoms with van der Waals surface area (Å²) in [5.41, 5.74) is 7.23. The number of hydrogen-bond acceptors (Lipinski definition) is 3. The quantitative estimate of drug-likeness (QED) is 0.475. The van der Waals surface area contributed by atoms with Gasteiger partial charge in [0, 0.05) is 41.5 Å². The molecule has 0 aliphatic heterocycles. The van der Waals surface area contributed by atoms with Gasteiger partial charge in [-0.1, -0.05) is 48.6 Å². The van der Waals surface area contributed by atoms with Crippen molar-refractivity contribution in [3.63, 3.8) is 0 Å². The van der Waals surface area contributed by atoms with Crippen molar-refractivity contribution in [2.75, 3.05) is 0 Å². The van der Waals surface area contributed by atoms with Crippen molar-refractivity contribution in [2.24, 2.45) is 0 Å². The molecule has 0 aliphatic rings. The summed E-state index contributed by atoms with van der Waals surface area (Å²) in [5.74, 6) is 0. The first-order chi connectivity index (χ1) is 13.3. The van der Waals surface area contributed by atoms with E-state index in [9.17, 15) is 0 Å². The van der Waals surface area contributed by atoms with E-state index >= 15 is 0 Å². The molecule has 3 heteroatoms. The molecule has 27 heavy (non-hydrogen) atoms. The predicted molar refractivity (Wildman–Crippen MR) is 111 cm³/mol. The van der Waals surface area contributed by atoms with Crippen LogP contribution in [-0.4, -0.2) is 15.0 Å². The Balaban J connectivity index is 1.70. The number of benzene rings is 1. The lowest BCUT2D eigenvalue weighted by atomic mass is 10.0. The van der Waals surface area contributed by atoms with Crippen LogP contribution in [0, 0.1) is 6.92 Å². The molecule has 0 atom stereocenters. The van der Waals surface area contributed by atoms with Crippen LogP contribution in [0.5, 0.6) is 0 Å². The molecule has 4 rings (SSSR count). The lowest BCUT2D eigenvalue weighted by Gasteiger charge is -2.09. The first kappa shape index (κ1) is 16.9. The van der Waals surface area contributed by atoms with E-state index in [4.69, 9.17) is 0 Å². The van der Waals surface area contributed by atoms with Crippen LogP contribution in [0.2, 0.25) is 0 Å². The molecule has 130 valence electrons. The zero-order chi connectivity index (χ0) is 18.5. The Morgan fingerprint density at radius 3 is 2.33 bits per heavy atom. The second kappa shape index (κ2) is 7.75. The fraction of sp³-hybridized carbons (Fsp3) is 0.0417. The molecule has 0 aliphatic carbocycles. The second-order valence-electron chi connectivity index (χ2n) is 6.32. The van der Waals surface area contributed by atoms with E-state index in [1.165, 1.54) is 0 Å². The van der Waals surface area contributed by atoms with E-state index < -0.39 is 0 Å². The van der Waals surface area contributed by atoms with Gasteiger partial charge in [-0.2, -0.15) is 0 Å². The van der Waals surface area contributed by atoms with Gasteiger partial charge in [0.05, 0.1) is 11.4 Å². The maximum absolute atomic E-state index is 4.68. The van der Waals surface area contributed by atoms with Crippen molar-refractivity contribution in [1.82, 2.24) is 15.0 Å². The Bertz CT molecular complexity index is 1070. The van der Waals surface area contributed by atoms with Crippen LogP contribution in [0.1, 0.15) is 16.7 Å². The molecular weight excluding hydrogens is 330 g/mol. The van der Waals surface area contributed by atoms with Gasteiger partial charge in [0.2, 0.25) is 0 Å². The Hall–Kier alpha value is -3.59. The summed E-state index contributed by atoms with van der Waals surface area (Å²) in [6, 6.07) is 20.4. The zero-order valence-corrected chi connectivity index (χ0v) is 15.1. The fourth-order valence-electron chi connectivity index (χ4n) is 3.05. The van der Waals surface area contributed by atoms with Gasteiger partial charge in [0.15, 0.2) is 0 Å². The standard InChI is InChI=1S/C24H19N3/c1-18-15-22(17-27-23(18)21-10-5-13-25-16-21)24-20(9-6-14-26-24)12-11-19-7-3-2-4-8-19/h2-17H,1H3/b12-11+. The maximum Gasteiger partial charge on any atom is 0.0789 e. The van der Waals surface area contributed by atoms with Crippen molar-refractivity contribution in [1.29, 1.82) is 0 Å². The van der Waals surface area contributed by atoms with Gasteiger partial charge in [-0.15, -0.1) is 0 Å². The van der Waals surface area contributed by atoms with Gasteiger partial charge in [-0.25, -0.2) is 0 Å². The molecule has 3 nitrogen and oxygen atoms in total. The van der Waals surface area contributed by atoms with Crippen LogP contribution >= 0.6 is 0 Å². The number of aromatic nitrogens is 3. The van der Waals surface area contributed by atoms with Crippen molar-refractivity contribution in [3.05, 3.63) is 102 Å². The van der Waals surface area contributed by atoms with Gasteiger partial charge in [-0.3, -0.25) is 15.0 Å². The van der Waals surface area contributed by atoms with E-state index in [1.807, 2.05) is 55.0 Å². The van der Waals surface area contributed by atoms with E-state index in [-0.39, 0.29) is 0 Å². The summed E-state index contributed by atoms with van der Waals surface area (Å²) in [6.45, 7) is 2.07. The SMILES string of the molecule is Cc1cc(-c2ncccc2/C=C/c2ccccc2)cnc1-c1cccnc1. The topological polar surface area (TPSA) is 38.7 Å². The van der Waals surface area contributed by atoms with Gasteiger partial charge < -0.3 is 0 Å². The minimum atomic E-state index is 0.929. The molecule has 0 radical (unpaired) electrons. The Labute approximate surface area is 159 Å². The second-order valence-corrected chi connectivity index (χ2v) is 6.32. The van der Waals surface area contributed by atoms with Gasteiger partial charge in [-0.05, 0) is 42.3 Å². The van der Waals surface area contributed by atoms with Crippen molar-refractivity contribution >= 4 is 12.2 Å². The van der Waals surface area contributed by atoms with E-state index in [1.54, 1.807) is 6.20 Å². The highest BCUT2D eigenvalue weighted by molar-refractivity contribution is 5.79. The fourth-order valence-corrected chi connectivity index (χ4v) is 3.05. The third-order valence-corrected chi connectivity index (χ3v) is 4.38. The zero-order valence-electron chi connectivity index (χ0n) is 15.1. The molecular formula is C24H19N3. The third-order valence-electron chi connectivity index (χ3n) is 4.38. The molecule has 0 saturated carbocycles. The van der Waals surface area contributed by atoms with Crippen LogP contribution < -0.4 is 0 Å². The molecule has 0 unspecified atom stereocenters. The molecule has 1 aromatic carbocycles. The van der Waals surface area contributed by atoms with Gasteiger partial charge in [0.1, 0.15) is 0 Å². The molecule has 0 spiro atoms. The highest BCUT2D eigenvalue weighted by Crippen LogP contribution is 2.27. The largest absolute Gasteiger partial charge is 0.264 e. The van der Waals surface area contributed by atoms with Crippen molar-refractivity contribution in [3.8, 4) is 22.5 Å². The number of pyridine rings is 3. The Kier molecular flexibility index (Phi) is 4.84. The average Bonchev–Trinajstić information content (AvgIpc) is 2.74. The van der Waals surface area contributed by atoms with Crippen LogP contribution in [0.15, 0.2) is 85.5 Å². The smallest absolute Gasteiger partial charge is 0.0789 e. The maximum atomic E-state index is 4.68. The lowest BCUT2D eigenvalue weighted by molar-refractivity contribution is 1.23. The first-order valence-corrected chi connectivity index (χ1v) is 8.87. The molecule has 3 heterocycles. The molecule has 4 aromatic rings. The van der Waals surface area contributed by atoms with Crippen molar-refractivity contribution in [2.45, 2.75) is 6.92 Å². The summed E-state index contributed by atoms with van der Waals surface area (Å²) in [5, 5.41) is 0. The molecule has 0 fully saturated rings. The highest BCUT2D eigenvalue weighted by atomic mass is 14.7. The molecule has 0 amide bonds.